The molecule has 0 saturated heterocycles. The van der Waals surface area contributed by atoms with Crippen molar-refractivity contribution in [2.45, 2.75) is 27.2 Å². The van der Waals surface area contributed by atoms with Crippen LogP contribution in [0.15, 0.2) is 18.2 Å². The first-order valence-electron chi connectivity index (χ1n) is 6.00. The molecule has 5 nitrogen and oxygen atoms in total. The molecule has 0 heterocycles. The maximum absolute atomic E-state index is 11.8. The Bertz CT molecular complexity index is 496. The lowest BCUT2D eigenvalue weighted by atomic mass is 9.89. The first-order chi connectivity index (χ1) is 8.74. The Labute approximate surface area is 125 Å². The Morgan fingerprint density at radius 2 is 1.90 bits per heavy atom. The van der Waals surface area contributed by atoms with Gasteiger partial charge >= 0.3 is 0 Å². The van der Waals surface area contributed by atoms with Crippen molar-refractivity contribution < 1.29 is 14.3 Å². The number of Topliss-reactive ketones (excluding diaryl/α,β-unsaturated/α-hetero) is 1. The maximum Gasteiger partial charge on any atom is 0.231 e. The zero-order chi connectivity index (χ0) is 14.6. The smallest absolute Gasteiger partial charge is 0.231 e. The Kier molecular flexibility index (Phi) is 6.52. The van der Waals surface area contributed by atoms with E-state index in [4.69, 9.17) is 10.5 Å². The average Bonchev–Trinajstić information content (AvgIpc) is 2.27. The predicted octanol–water partition coefficient (Wildman–Crippen LogP) is 2.64. The molecule has 0 aliphatic heterocycles. The second-order valence-corrected chi connectivity index (χ2v) is 5.36. The van der Waals surface area contributed by atoms with Crippen molar-refractivity contribution in [1.82, 2.24) is 0 Å². The van der Waals surface area contributed by atoms with Crippen molar-refractivity contribution in [2.75, 3.05) is 18.2 Å². The number of benzene rings is 1. The van der Waals surface area contributed by atoms with Crippen LogP contribution in [0.2, 0.25) is 0 Å². The van der Waals surface area contributed by atoms with Crippen LogP contribution in [0.1, 0.15) is 27.2 Å². The Morgan fingerprint density at radius 1 is 1.30 bits per heavy atom. The molecule has 0 aliphatic carbocycles. The van der Waals surface area contributed by atoms with Crippen LogP contribution < -0.4 is 15.8 Å². The fourth-order valence-corrected chi connectivity index (χ4v) is 1.43. The summed E-state index contributed by atoms with van der Waals surface area (Å²) in [6.45, 7) is 5.34. The van der Waals surface area contributed by atoms with E-state index in [9.17, 15) is 9.59 Å². The summed E-state index contributed by atoms with van der Waals surface area (Å²) in [5.41, 5.74) is 6.10. The molecule has 0 radical (unpaired) electrons. The third-order valence-electron chi connectivity index (χ3n) is 2.66. The predicted molar refractivity (Wildman–Crippen MR) is 82.4 cm³/mol. The van der Waals surface area contributed by atoms with Crippen LogP contribution in [0.3, 0.4) is 0 Å². The fourth-order valence-electron chi connectivity index (χ4n) is 1.43. The van der Waals surface area contributed by atoms with E-state index < -0.39 is 5.41 Å². The van der Waals surface area contributed by atoms with Crippen LogP contribution in [0, 0.1) is 5.41 Å². The van der Waals surface area contributed by atoms with Crippen molar-refractivity contribution in [1.29, 1.82) is 0 Å². The van der Waals surface area contributed by atoms with Crippen LogP contribution in [0.25, 0.3) is 0 Å². The molecule has 1 rings (SSSR count). The normalized spacial score (nSPS) is 10.4. The monoisotopic (exact) mass is 300 g/mol. The second-order valence-electron chi connectivity index (χ2n) is 5.36. The topological polar surface area (TPSA) is 81.4 Å². The number of ether oxygens (including phenoxy) is 1. The summed E-state index contributed by atoms with van der Waals surface area (Å²) in [6.07, 6.45) is -0.165. The molecule has 1 amide bonds. The van der Waals surface area contributed by atoms with Gasteiger partial charge in [-0.05, 0) is 18.2 Å². The van der Waals surface area contributed by atoms with Crippen LogP contribution in [0.5, 0.6) is 5.75 Å². The SMILES string of the molecule is COc1ccc(N)cc1NC(=O)CC(=O)C(C)(C)C.Cl. The number of nitrogens with one attached hydrogen (secondary N) is 1. The minimum atomic E-state index is -0.531. The van der Waals surface area contributed by atoms with Gasteiger partial charge in [0.1, 0.15) is 11.5 Å². The molecule has 1 aromatic rings. The van der Waals surface area contributed by atoms with E-state index in [1.807, 2.05) is 0 Å². The van der Waals surface area contributed by atoms with Crippen LogP contribution in [-0.4, -0.2) is 18.8 Å². The summed E-state index contributed by atoms with van der Waals surface area (Å²) in [5.74, 6) is 0.0162. The molecule has 0 aliphatic rings. The third kappa shape index (κ3) is 5.09. The number of anilines is 2. The molecule has 0 unspecified atom stereocenters. The standard InChI is InChI=1S/C14H20N2O3.ClH/c1-14(2,3)12(17)8-13(18)16-10-7-9(15)5-6-11(10)19-4;/h5-7H,8,15H2,1-4H3,(H,16,18);1H. The summed E-state index contributed by atoms with van der Waals surface area (Å²) >= 11 is 0. The van der Waals surface area contributed by atoms with Crippen LogP contribution in [0.4, 0.5) is 11.4 Å². The zero-order valence-electron chi connectivity index (χ0n) is 12.1. The second kappa shape index (κ2) is 7.14. The van der Waals surface area contributed by atoms with E-state index in [1.165, 1.54) is 7.11 Å². The molecular formula is C14H21ClN2O3. The number of nitrogens with two attached hydrogens (primary N) is 1. The van der Waals surface area contributed by atoms with Gasteiger partial charge in [-0.25, -0.2) is 0 Å². The van der Waals surface area contributed by atoms with E-state index >= 15 is 0 Å². The third-order valence-corrected chi connectivity index (χ3v) is 2.66. The number of hydrogen-bond acceptors (Lipinski definition) is 4. The van der Waals surface area contributed by atoms with E-state index in [1.54, 1.807) is 39.0 Å². The van der Waals surface area contributed by atoms with Gasteiger partial charge in [-0.1, -0.05) is 20.8 Å². The molecule has 0 bridgehead atoms. The summed E-state index contributed by atoms with van der Waals surface area (Å²) in [5, 5.41) is 2.64. The molecule has 3 N–H and O–H groups in total. The molecule has 20 heavy (non-hydrogen) atoms. The minimum absolute atomic E-state index is 0. The van der Waals surface area contributed by atoms with Gasteiger partial charge in [0.15, 0.2) is 0 Å². The highest BCUT2D eigenvalue weighted by Gasteiger charge is 2.23. The van der Waals surface area contributed by atoms with Gasteiger partial charge in [-0.3, -0.25) is 9.59 Å². The summed E-state index contributed by atoms with van der Waals surface area (Å²) < 4.78 is 5.12. The van der Waals surface area contributed by atoms with E-state index in [2.05, 4.69) is 5.32 Å². The van der Waals surface area contributed by atoms with E-state index in [0.717, 1.165) is 0 Å². The van der Waals surface area contributed by atoms with E-state index in [0.29, 0.717) is 17.1 Å². The average molecular weight is 301 g/mol. The molecular weight excluding hydrogens is 280 g/mol. The maximum atomic E-state index is 11.8. The Morgan fingerprint density at radius 3 is 2.40 bits per heavy atom. The Hall–Kier alpha value is -1.75. The van der Waals surface area contributed by atoms with Crippen LogP contribution in [-0.2, 0) is 9.59 Å². The van der Waals surface area contributed by atoms with Crippen molar-refractivity contribution in [3.05, 3.63) is 18.2 Å². The highest BCUT2D eigenvalue weighted by molar-refractivity contribution is 6.06. The van der Waals surface area contributed by atoms with E-state index in [-0.39, 0.29) is 30.5 Å². The number of amides is 1. The molecule has 0 saturated carbocycles. The molecule has 0 atom stereocenters. The van der Waals surface area contributed by atoms with Gasteiger partial charge in [0.25, 0.3) is 0 Å². The highest BCUT2D eigenvalue weighted by Crippen LogP contribution is 2.27. The number of carbonyl (C=O) groups is 2. The molecule has 0 fully saturated rings. The summed E-state index contributed by atoms with van der Waals surface area (Å²) in [4.78, 5) is 23.6. The molecule has 6 heteroatoms. The molecule has 1 aromatic carbocycles. The number of nitrogen functional groups attached to an aromatic ring is 1. The number of rotatable bonds is 4. The van der Waals surface area contributed by atoms with Gasteiger partial charge in [-0.15, -0.1) is 12.4 Å². The largest absolute Gasteiger partial charge is 0.495 e. The highest BCUT2D eigenvalue weighted by atomic mass is 35.5. The lowest BCUT2D eigenvalue weighted by Crippen LogP contribution is -2.26. The number of ketones is 1. The zero-order valence-corrected chi connectivity index (χ0v) is 13.0. The van der Waals surface area contributed by atoms with Crippen LogP contribution >= 0.6 is 12.4 Å². The lowest BCUT2D eigenvalue weighted by Gasteiger charge is -2.16. The number of hydrogen-bond donors (Lipinski definition) is 2. The molecule has 0 spiro atoms. The summed E-state index contributed by atoms with van der Waals surface area (Å²) in [6, 6.07) is 4.93. The van der Waals surface area contributed by atoms with Crippen molar-refractivity contribution in [3.63, 3.8) is 0 Å². The summed E-state index contributed by atoms with van der Waals surface area (Å²) in [7, 11) is 1.50. The quantitative estimate of drug-likeness (QED) is 0.661. The van der Waals surface area contributed by atoms with Gasteiger partial charge in [0.2, 0.25) is 5.91 Å². The van der Waals surface area contributed by atoms with Crippen molar-refractivity contribution in [2.24, 2.45) is 5.41 Å². The minimum Gasteiger partial charge on any atom is -0.495 e. The first-order valence-corrected chi connectivity index (χ1v) is 6.00. The first kappa shape index (κ1) is 18.2. The molecule has 0 aromatic heterocycles. The van der Waals surface area contributed by atoms with Gasteiger partial charge in [0, 0.05) is 11.1 Å². The van der Waals surface area contributed by atoms with Gasteiger partial charge < -0.3 is 15.8 Å². The van der Waals surface area contributed by atoms with Gasteiger partial charge in [-0.2, -0.15) is 0 Å². The fraction of sp³-hybridized carbons (Fsp3) is 0.429. The number of methoxy groups -OCH3 is 1. The number of carbonyl (C=O) groups excluding carboxylic acids is 2. The van der Waals surface area contributed by atoms with Crippen molar-refractivity contribution >= 4 is 35.5 Å². The molecule has 112 valence electrons. The van der Waals surface area contributed by atoms with Crippen molar-refractivity contribution in [3.8, 4) is 5.75 Å². The Balaban J connectivity index is 0.00000361. The number of halogens is 1. The lowest BCUT2D eigenvalue weighted by molar-refractivity contribution is -0.130. The van der Waals surface area contributed by atoms with Gasteiger partial charge in [0.05, 0.1) is 19.2 Å².